The van der Waals surface area contributed by atoms with Crippen LogP contribution in [0.4, 0.5) is 0 Å². The summed E-state index contributed by atoms with van der Waals surface area (Å²) in [5.74, 6) is 0. The maximum absolute atomic E-state index is 5.11. The highest BCUT2D eigenvalue weighted by Crippen LogP contribution is 2.38. The molecule has 0 unspecified atom stereocenters. The van der Waals surface area contributed by atoms with Gasteiger partial charge in [-0.3, -0.25) is 0 Å². The van der Waals surface area contributed by atoms with Crippen LogP contribution in [0.25, 0.3) is 88.1 Å². The highest BCUT2D eigenvalue weighted by molar-refractivity contribution is 6.25. The Kier molecular flexibility index (Phi) is 6.17. The van der Waals surface area contributed by atoms with Crippen LogP contribution >= 0.6 is 0 Å². The predicted molar refractivity (Wildman–Crippen MR) is 194 cm³/mol. The third kappa shape index (κ3) is 4.43. The van der Waals surface area contributed by atoms with Gasteiger partial charge in [0.05, 0.1) is 22.4 Å². The first-order valence-electron chi connectivity index (χ1n) is 15.7. The van der Waals surface area contributed by atoms with E-state index in [2.05, 4.69) is 127 Å². The predicted octanol–water partition coefficient (Wildman–Crippen LogP) is 11.8. The van der Waals surface area contributed by atoms with Crippen LogP contribution in [0.2, 0.25) is 0 Å². The van der Waals surface area contributed by atoms with Crippen molar-refractivity contribution in [2.24, 2.45) is 0 Å². The van der Waals surface area contributed by atoms with E-state index in [0.29, 0.717) is 0 Å². The first-order valence-corrected chi connectivity index (χ1v) is 15.7. The van der Waals surface area contributed by atoms with Crippen LogP contribution in [0.1, 0.15) is 0 Å². The van der Waals surface area contributed by atoms with Crippen molar-refractivity contribution in [2.45, 2.75) is 0 Å². The van der Waals surface area contributed by atoms with E-state index in [1.165, 1.54) is 43.4 Å². The molecule has 2 nitrogen and oxygen atoms in total. The second-order valence-corrected chi connectivity index (χ2v) is 11.8. The fraction of sp³-hybridized carbons (Fsp3) is 0. The molecule has 8 aromatic carbocycles. The summed E-state index contributed by atoms with van der Waals surface area (Å²) in [5, 5.41) is 7.76. The minimum atomic E-state index is 0.888. The van der Waals surface area contributed by atoms with Crippen molar-refractivity contribution in [2.75, 3.05) is 0 Å². The molecular weight excluding hydrogens is 556 g/mol. The van der Waals surface area contributed by atoms with Crippen LogP contribution in [0.5, 0.6) is 0 Å². The molecule has 0 bridgehead atoms. The minimum Gasteiger partial charge on any atom is -0.244 e. The zero-order valence-electron chi connectivity index (χ0n) is 25.1. The Morgan fingerprint density at radius 3 is 1.26 bits per heavy atom. The number of nitrogens with zero attached hydrogens (tertiary/aromatic N) is 2. The van der Waals surface area contributed by atoms with Crippen LogP contribution in [-0.4, -0.2) is 9.97 Å². The van der Waals surface area contributed by atoms with Gasteiger partial charge in [-0.25, -0.2) is 9.97 Å². The summed E-state index contributed by atoms with van der Waals surface area (Å²) in [5.41, 5.74) is 10.4. The summed E-state index contributed by atoms with van der Waals surface area (Å²) in [7, 11) is 0. The summed E-state index contributed by atoms with van der Waals surface area (Å²) in [6, 6.07) is 60.3. The molecule has 0 saturated heterocycles. The average Bonchev–Trinajstić information content (AvgIpc) is 3.15. The van der Waals surface area contributed by atoms with Gasteiger partial charge in [-0.2, -0.15) is 0 Å². The fourth-order valence-corrected chi connectivity index (χ4v) is 6.79. The Hall–Kier alpha value is -6.12. The smallest absolute Gasteiger partial charge is 0.0973 e. The Morgan fingerprint density at radius 1 is 0.239 bits per heavy atom. The molecule has 0 aliphatic carbocycles. The van der Waals surface area contributed by atoms with Crippen molar-refractivity contribution < 1.29 is 0 Å². The Labute approximate surface area is 267 Å². The summed E-state index contributed by atoms with van der Waals surface area (Å²) in [6.45, 7) is 0. The molecule has 46 heavy (non-hydrogen) atoms. The lowest BCUT2D eigenvalue weighted by Gasteiger charge is -2.13. The first kappa shape index (κ1) is 26.3. The maximum Gasteiger partial charge on any atom is 0.0973 e. The van der Waals surface area contributed by atoms with E-state index in [1.807, 2.05) is 42.5 Å². The number of hydrogen-bond donors (Lipinski definition) is 0. The molecule has 0 spiro atoms. The largest absolute Gasteiger partial charge is 0.244 e. The average molecular weight is 585 g/mol. The van der Waals surface area contributed by atoms with Crippen LogP contribution in [0, 0.1) is 0 Å². The maximum atomic E-state index is 5.11. The van der Waals surface area contributed by atoms with E-state index < -0.39 is 0 Å². The lowest BCUT2D eigenvalue weighted by Crippen LogP contribution is -1.95. The molecule has 214 valence electrons. The minimum absolute atomic E-state index is 0.888. The lowest BCUT2D eigenvalue weighted by molar-refractivity contribution is 1.29. The molecule has 1 heterocycles. The molecule has 0 atom stereocenters. The molecule has 0 amide bonds. The van der Waals surface area contributed by atoms with E-state index in [0.717, 1.165) is 44.7 Å². The molecule has 9 rings (SSSR count). The zero-order chi connectivity index (χ0) is 30.5. The van der Waals surface area contributed by atoms with Crippen LogP contribution < -0.4 is 0 Å². The summed E-state index contributed by atoms with van der Waals surface area (Å²) >= 11 is 0. The Bertz CT molecular complexity index is 2530. The molecule has 9 aromatic rings. The van der Waals surface area contributed by atoms with Crippen molar-refractivity contribution in [1.29, 1.82) is 0 Å². The van der Waals surface area contributed by atoms with Crippen molar-refractivity contribution >= 4 is 43.4 Å². The summed E-state index contributed by atoms with van der Waals surface area (Å²) in [4.78, 5) is 10.2. The molecule has 0 N–H and O–H groups in total. The number of aromatic nitrogens is 2. The lowest BCUT2D eigenvalue weighted by atomic mass is 9.91. The third-order valence-corrected chi connectivity index (χ3v) is 9.05. The second-order valence-electron chi connectivity index (χ2n) is 11.8. The molecule has 0 aliphatic rings. The Balaban J connectivity index is 1.12. The second kappa shape index (κ2) is 10.8. The molecular formula is C44H28N2. The zero-order valence-corrected chi connectivity index (χ0v) is 25.1. The van der Waals surface area contributed by atoms with Gasteiger partial charge in [-0.15, -0.1) is 0 Å². The molecule has 0 saturated carbocycles. The van der Waals surface area contributed by atoms with Crippen LogP contribution in [-0.2, 0) is 0 Å². The van der Waals surface area contributed by atoms with E-state index in [1.54, 1.807) is 0 Å². The van der Waals surface area contributed by atoms with E-state index in [-0.39, 0.29) is 0 Å². The fourth-order valence-electron chi connectivity index (χ4n) is 6.79. The van der Waals surface area contributed by atoms with Gasteiger partial charge in [-0.05, 0) is 78.8 Å². The van der Waals surface area contributed by atoms with E-state index >= 15 is 0 Å². The van der Waals surface area contributed by atoms with Gasteiger partial charge in [0.1, 0.15) is 0 Å². The molecule has 0 radical (unpaired) electrons. The Morgan fingerprint density at radius 2 is 0.652 bits per heavy atom. The first-order chi connectivity index (χ1) is 22.8. The van der Waals surface area contributed by atoms with Crippen molar-refractivity contribution in [3.05, 3.63) is 170 Å². The van der Waals surface area contributed by atoms with Gasteiger partial charge in [0, 0.05) is 11.1 Å². The van der Waals surface area contributed by atoms with Crippen LogP contribution in [0.15, 0.2) is 170 Å². The van der Waals surface area contributed by atoms with Gasteiger partial charge >= 0.3 is 0 Å². The quantitative estimate of drug-likeness (QED) is 0.192. The van der Waals surface area contributed by atoms with Crippen molar-refractivity contribution in [3.8, 4) is 44.8 Å². The van der Waals surface area contributed by atoms with E-state index in [4.69, 9.17) is 9.97 Å². The highest BCUT2D eigenvalue weighted by atomic mass is 14.8. The van der Waals surface area contributed by atoms with Crippen LogP contribution in [0.3, 0.4) is 0 Å². The number of hydrogen-bond acceptors (Lipinski definition) is 2. The number of benzene rings is 8. The molecule has 2 heteroatoms. The van der Waals surface area contributed by atoms with E-state index in [9.17, 15) is 0 Å². The topological polar surface area (TPSA) is 25.8 Å². The SMILES string of the molecule is c1ccc(-c2nc3ccccc3nc2-c2cccc(-c3ccc(-c4ccc5c6ccccc6c6ccccc6c5c4)cc3)c2)cc1. The number of para-hydroxylation sites is 2. The highest BCUT2D eigenvalue weighted by Gasteiger charge is 2.14. The monoisotopic (exact) mass is 584 g/mol. The number of rotatable bonds is 4. The molecule has 1 aromatic heterocycles. The van der Waals surface area contributed by atoms with Gasteiger partial charge in [0.15, 0.2) is 0 Å². The number of fused-ring (bicyclic) bond motifs is 7. The standard InChI is InChI=1S/C44H28N2/c1-2-11-31(12-3-1)43-44(46-42-20-9-8-19-41(42)45-43)34-14-10-13-32(27-34)29-21-23-30(24-22-29)33-25-26-39-37-17-5-4-15-35(37)36-16-6-7-18-38(36)40(39)28-33/h1-28H. The summed E-state index contributed by atoms with van der Waals surface area (Å²) in [6.07, 6.45) is 0. The van der Waals surface area contributed by atoms with Gasteiger partial charge in [-0.1, -0.05) is 146 Å². The molecule has 0 fully saturated rings. The third-order valence-electron chi connectivity index (χ3n) is 9.05. The normalized spacial score (nSPS) is 11.5. The van der Waals surface area contributed by atoms with Crippen molar-refractivity contribution in [1.82, 2.24) is 9.97 Å². The van der Waals surface area contributed by atoms with Crippen molar-refractivity contribution in [3.63, 3.8) is 0 Å². The molecule has 0 aliphatic heterocycles. The van der Waals surface area contributed by atoms with Gasteiger partial charge in [0.2, 0.25) is 0 Å². The van der Waals surface area contributed by atoms with Gasteiger partial charge in [0.25, 0.3) is 0 Å². The summed E-state index contributed by atoms with van der Waals surface area (Å²) < 4.78 is 0. The van der Waals surface area contributed by atoms with Gasteiger partial charge < -0.3 is 0 Å².